The van der Waals surface area contributed by atoms with Gasteiger partial charge in [0.15, 0.2) is 10.6 Å². The lowest BCUT2D eigenvalue weighted by atomic mass is 10.0. The molecular weight excluding hydrogens is 589 g/mol. The number of amides is 2. The molecule has 5 rings (SSSR count). The molecule has 0 aliphatic rings. The number of benzene rings is 3. The molecule has 12 heteroatoms. The molecule has 3 aromatic carbocycles. The van der Waals surface area contributed by atoms with Crippen LogP contribution in [-0.2, 0) is 6.42 Å². The third-order valence-corrected chi connectivity index (χ3v) is 7.60. The number of halogens is 3. The average molecular weight is 619 g/mol. The van der Waals surface area contributed by atoms with Crippen LogP contribution in [0.4, 0.5) is 18.0 Å². The first kappa shape index (κ1) is 30.6. The number of hydrogen-bond donors (Lipinski definition) is 0. The van der Waals surface area contributed by atoms with Gasteiger partial charge in [-0.25, -0.2) is 19.5 Å². The molecule has 0 radical (unpaired) electrons. The lowest BCUT2D eigenvalue weighted by molar-refractivity contribution is -0.274. The zero-order valence-corrected chi connectivity index (χ0v) is 25.2. The van der Waals surface area contributed by atoms with Crippen LogP contribution in [0.1, 0.15) is 43.5 Å². The summed E-state index contributed by atoms with van der Waals surface area (Å²) >= 11 is 1.40. The summed E-state index contributed by atoms with van der Waals surface area (Å²) in [4.78, 5) is 26.3. The lowest BCUT2D eigenvalue weighted by Gasteiger charge is -2.14. The third kappa shape index (κ3) is 7.38. The Balaban J connectivity index is 1.27. The van der Waals surface area contributed by atoms with Crippen molar-refractivity contribution < 1.29 is 22.7 Å². The number of alkyl halides is 3. The Morgan fingerprint density at radius 1 is 1.02 bits per heavy atom. The second-order valence-corrected chi connectivity index (χ2v) is 11.2. The monoisotopic (exact) mass is 618 g/mol. The smallest absolute Gasteiger partial charge is 0.406 e. The number of hydrogen-bond acceptors (Lipinski definition) is 5. The molecule has 0 N–H and O–H groups in total. The maximum Gasteiger partial charge on any atom is 0.573 e. The van der Waals surface area contributed by atoms with Crippen molar-refractivity contribution in [2.75, 3.05) is 0 Å². The third-order valence-electron chi connectivity index (χ3n) is 6.66. The highest BCUT2D eigenvalue weighted by molar-refractivity contribution is 7.07. The van der Waals surface area contributed by atoms with Crippen molar-refractivity contribution in [3.63, 3.8) is 0 Å². The molecular formula is C32H29F3N6O2S. The number of para-hydroxylation sites is 1. The molecule has 0 aliphatic heterocycles. The largest absolute Gasteiger partial charge is 0.573 e. The fourth-order valence-electron chi connectivity index (χ4n) is 4.64. The van der Waals surface area contributed by atoms with Crippen molar-refractivity contribution in [1.82, 2.24) is 19.3 Å². The number of nitrogens with zero attached hydrogens (tertiary/aromatic N) is 6. The minimum atomic E-state index is -4.75. The molecule has 44 heavy (non-hydrogen) atoms. The number of rotatable bonds is 7. The van der Waals surface area contributed by atoms with Crippen molar-refractivity contribution in [3.05, 3.63) is 106 Å². The van der Waals surface area contributed by atoms with E-state index in [-0.39, 0.29) is 5.75 Å². The van der Waals surface area contributed by atoms with Gasteiger partial charge in [-0.05, 0) is 61.2 Å². The van der Waals surface area contributed by atoms with Gasteiger partial charge in [-0.2, -0.15) is 4.99 Å². The van der Waals surface area contributed by atoms with Crippen molar-refractivity contribution >= 4 is 23.1 Å². The van der Waals surface area contributed by atoms with E-state index < -0.39 is 12.4 Å². The summed E-state index contributed by atoms with van der Waals surface area (Å²) in [6.45, 7) is 8.05. The molecule has 0 aliphatic carbocycles. The van der Waals surface area contributed by atoms with Gasteiger partial charge >= 0.3 is 12.4 Å². The van der Waals surface area contributed by atoms with E-state index in [2.05, 4.69) is 44.7 Å². The molecule has 0 saturated carbocycles. The van der Waals surface area contributed by atoms with Crippen molar-refractivity contribution in [1.29, 1.82) is 0 Å². The van der Waals surface area contributed by atoms with E-state index in [1.165, 1.54) is 52.2 Å². The van der Waals surface area contributed by atoms with Gasteiger partial charge in [0.2, 0.25) is 0 Å². The van der Waals surface area contributed by atoms with Gasteiger partial charge in [-0.15, -0.1) is 29.6 Å². The lowest BCUT2D eigenvalue weighted by Crippen LogP contribution is -2.18. The first-order chi connectivity index (χ1) is 21.0. The number of urea groups is 1. The SMILES string of the molecule is CC(Cc1ccc(-c2ncn(-c3ccc(OC(F)(F)F)cc3)n2)cc1)=NC(=O)N=c1scc(C)n1-c1ccccc1C(C)C. The van der Waals surface area contributed by atoms with E-state index in [1.807, 2.05) is 59.3 Å². The molecule has 0 bridgehead atoms. The Morgan fingerprint density at radius 3 is 2.41 bits per heavy atom. The first-order valence-corrected chi connectivity index (χ1v) is 14.6. The highest BCUT2D eigenvalue weighted by Gasteiger charge is 2.31. The van der Waals surface area contributed by atoms with Crippen molar-refractivity contribution in [3.8, 4) is 28.5 Å². The molecule has 2 heterocycles. The number of aryl methyl sites for hydroxylation is 1. The molecule has 8 nitrogen and oxygen atoms in total. The van der Waals surface area contributed by atoms with Gasteiger partial charge in [0.25, 0.3) is 0 Å². The van der Waals surface area contributed by atoms with Crippen molar-refractivity contribution in [2.24, 2.45) is 9.98 Å². The average Bonchev–Trinajstić information content (AvgIpc) is 3.60. The summed E-state index contributed by atoms with van der Waals surface area (Å²) in [5.74, 6) is 0.441. The molecule has 5 aromatic rings. The van der Waals surface area contributed by atoms with Crippen LogP contribution in [-0.4, -0.2) is 37.4 Å². The summed E-state index contributed by atoms with van der Waals surface area (Å²) in [5, 5.41) is 6.41. The van der Waals surface area contributed by atoms with Gasteiger partial charge in [-0.3, -0.25) is 4.57 Å². The molecule has 2 aromatic heterocycles. The van der Waals surface area contributed by atoms with Crippen LogP contribution in [0.25, 0.3) is 22.8 Å². The topological polar surface area (TPSA) is 86.7 Å². The number of aromatic nitrogens is 4. The Kier molecular flexibility index (Phi) is 8.91. The molecule has 0 saturated heterocycles. The zero-order valence-electron chi connectivity index (χ0n) is 24.4. The van der Waals surface area contributed by atoms with Crippen LogP contribution in [0.5, 0.6) is 5.75 Å². The minimum Gasteiger partial charge on any atom is -0.406 e. The Hall–Kier alpha value is -4.84. The van der Waals surface area contributed by atoms with Gasteiger partial charge in [0.05, 0.1) is 11.4 Å². The summed E-state index contributed by atoms with van der Waals surface area (Å²) in [5.41, 5.74) is 6.00. The minimum absolute atomic E-state index is 0.308. The van der Waals surface area contributed by atoms with Crippen LogP contribution in [0.15, 0.2) is 94.5 Å². The van der Waals surface area contributed by atoms with Gasteiger partial charge < -0.3 is 4.74 Å². The van der Waals surface area contributed by atoms with Gasteiger partial charge in [0, 0.05) is 28.8 Å². The fourth-order valence-corrected chi connectivity index (χ4v) is 5.50. The van der Waals surface area contributed by atoms with Gasteiger partial charge in [-0.1, -0.05) is 56.3 Å². The number of aliphatic imine (C=N–C) groups is 1. The highest BCUT2D eigenvalue weighted by Crippen LogP contribution is 2.25. The number of carbonyl (C=O) groups excluding carboxylic acids is 1. The summed E-state index contributed by atoms with van der Waals surface area (Å²) in [6.07, 6.45) is -2.82. The fraction of sp³-hybridized carbons (Fsp3) is 0.219. The normalized spacial score (nSPS) is 12.6. The van der Waals surface area contributed by atoms with Crippen LogP contribution in [0.2, 0.25) is 0 Å². The quantitative estimate of drug-likeness (QED) is 0.174. The zero-order chi connectivity index (χ0) is 31.4. The highest BCUT2D eigenvalue weighted by atomic mass is 32.1. The molecule has 0 spiro atoms. The Labute approximate surface area is 255 Å². The summed E-state index contributed by atoms with van der Waals surface area (Å²) in [6, 6.07) is 20.4. The van der Waals surface area contributed by atoms with Crippen LogP contribution < -0.4 is 9.54 Å². The molecule has 226 valence electrons. The van der Waals surface area contributed by atoms with Gasteiger partial charge in [0.1, 0.15) is 12.1 Å². The van der Waals surface area contributed by atoms with E-state index >= 15 is 0 Å². The first-order valence-electron chi connectivity index (χ1n) is 13.7. The predicted molar refractivity (Wildman–Crippen MR) is 164 cm³/mol. The maximum atomic E-state index is 12.8. The number of ether oxygens (including phenoxy) is 1. The predicted octanol–water partition coefficient (Wildman–Crippen LogP) is 7.84. The van der Waals surface area contributed by atoms with E-state index in [9.17, 15) is 18.0 Å². The summed E-state index contributed by atoms with van der Waals surface area (Å²) < 4.78 is 44.6. The molecule has 0 unspecified atom stereocenters. The van der Waals surface area contributed by atoms with E-state index in [0.29, 0.717) is 34.4 Å². The van der Waals surface area contributed by atoms with Crippen LogP contribution >= 0.6 is 11.3 Å². The van der Waals surface area contributed by atoms with Crippen molar-refractivity contribution in [2.45, 2.75) is 46.4 Å². The standard InChI is InChI=1S/C32H29F3N6O2S/c1-20(2)27-7-5-6-8-28(27)41-22(4)18-44-31(41)38-30(42)37-21(3)17-23-9-11-24(12-10-23)29-36-19-40(39-29)25-13-15-26(16-14-25)43-32(33,34)35/h5-16,18-20H,17H2,1-4H3. The Bertz CT molecular complexity index is 1870. The summed E-state index contributed by atoms with van der Waals surface area (Å²) in [7, 11) is 0. The Morgan fingerprint density at radius 2 is 1.73 bits per heavy atom. The number of thiazole rings is 1. The second-order valence-electron chi connectivity index (χ2n) is 10.4. The molecule has 0 atom stereocenters. The number of carbonyl (C=O) groups is 1. The van der Waals surface area contributed by atoms with Crippen LogP contribution in [0, 0.1) is 6.92 Å². The maximum absolute atomic E-state index is 12.8. The van der Waals surface area contributed by atoms with E-state index in [0.717, 1.165) is 22.5 Å². The van der Waals surface area contributed by atoms with E-state index in [1.54, 1.807) is 6.92 Å². The van der Waals surface area contributed by atoms with E-state index in [4.69, 9.17) is 0 Å². The van der Waals surface area contributed by atoms with Crippen LogP contribution in [0.3, 0.4) is 0 Å². The molecule has 2 amide bonds. The molecule has 0 fully saturated rings. The second kappa shape index (κ2) is 12.8.